The summed E-state index contributed by atoms with van der Waals surface area (Å²) in [5.41, 5.74) is 3.92. The fourth-order valence-corrected chi connectivity index (χ4v) is 4.85. The number of thiophene rings is 1. The lowest BCUT2D eigenvalue weighted by molar-refractivity contribution is 0.0746. The number of aromatic nitrogens is 4. The first kappa shape index (κ1) is 21.1. The number of phenolic OH excluding ortho intramolecular Hbond substituents is 1. The van der Waals surface area contributed by atoms with Crippen LogP contribution in [0.2, 0.25) is 0 Å². The number of carbonyl (C=O) groups is 1. The summed E-state index contributed by atoms with van der Waals surface area (Å²) in [5.74, 6) is 0.653. The van der Waals surface area contributed by atoms with Crippen molar-refractivity contribution < 1.29 is 9.90 Å². The van der Waals surface area contributed by atoms with Crippen molar-refractivity contribution in [2.75, 3.05) is 31.1 Å². The molecule has 1 saturated heterocycles. The van der Waals surface area contributed by atoms with E-state index >= 15 is 0 Å². The van der Waals surface area contributed by atoms with Gasteiger partial charge in [0.25, 0.3) is 11.9 Å². The van der Waals surface area contributed by atoms with E-state index in [1.54, 1.807) is 40.5 Å². The minimum atomic E-state index is -0.0544. The second-order valence-electron chi connectivity index (χ2n) is 8.00. The zero-order valence-corrected chi connectivity index (χ0v) is 19.3. The van der Waals surface area contributed by atoms with Gasteiger partial charge in [-0.2, -0.15) is 5.10 Å². The number of nitrogens with zero attached hydrogens (tertiary/aromatic N) is 6. The van der Waals surface area contributed by atoms with Gasteiger partial charge in [0, 0.05) is 32.4 Å². The molecule has 1 aromatic carbocycles. The van der Waals surface area contributed by atoms with Crippen molar-refractivity contribution in [2.24, 2.45) is 0 Å². The molecule has 33 heavy (non-hydrogen) atoms. The smallest absolute Gasteiger partial charge is 0.257 e. The molecule has 1 fully saturated rings. The molecule has 0 saturated carbocycles. The van der Waals surface area contributed by atoms with Crippen LogP contribution in [-0.2, 0) is 0 Å². The van der Waals surface area contributed by atoms with Crippen LogP contribution in [-0.4, -0.2) is 61.8 Å². The summed E-state index contributed by atoms with van der Waals surface area (Å²) < 4.78 is 1.63. The molecule has 168 valence electrons. The highest BCUT2D eigenvalue weighted by molar-refractivity contribution is 7.13. The van der Waals surface area contributed by atoms with Crippen LogP contribution >= 0.6 is 11.3 Å². The van der Waals surface area contributed by atoms with Gasteiger partial charge in [0.1, 0.15) is 5.75 Å². The summed E-state index contributed by atoms with van der Waals surface area (Å²) in [7, 11) is 0. The molecule has 0 bridgehead atoms. The highest BCUT2D eigenvalue weighted by Crippen LogP contribution is 2.28. The average Bonchev–Trinajstić information content (AvgIpc) is 3.50. The van der Waals surface area contributed by atoms with Crippen molar-refractivity contribution in [3.63, 3.8) is 0 Å². The largest absolute Gasteiger partial charge is 0.506 e. The Hall–Kier alpha value is -3.72. The first-order valence-corrected chi connectivity index (χ1v) is 11.7. The molecule has 0 spiro atoms. The number of amides is 1. The molecule has 0 atom stereocenters. The molecule has 0 aliphatic carbocycles. The zero-order valence-electron chi connectivity index (χ0n) is 18.5. The standard InChI is InChI=1S/C24H24N6O2S/c1-16-14-25-24(27-22(16)21-8-5-13-33-21)30-17(2)18(15-26-30)23(32)29-11-9-28(10-12-29)19-6-3-4-7-20(19)31/h3-8,13-15,31H,9-12H2,1-2H3. The summed E-state index contributed by atoms with van der Waals surface area (Å²) in [6.45, 7) is 6.30. The van der Waals surface area contributed by atoms with E-state index < -0.39 is 0 Å². The van der Waals surface area contributed by atoms with Crippen LogP contribution in [0.5, 0.6) is 5.75 Å². The van der Waals surface area contributed by atoms with Crippen LogP contribution < -0.4 is 4.90 Å². The molecule has 9 heteroatoms. The fraction of sp³-hybridized carbons (Fsp3) is 0.250. The Balaban J connectivity index is 1.34. The first-order valence-electron chi connectivity index (χ1n) is 10.8. The van der Waals surface area contributed by atoms with Crippen molar-refractivity contribution >= 4 is 22.9 Å². The van der Waals surface area contributed by atoms with Crippen molar-refractivity contribution in [3.8, 4) is 22.3 Å². The van der Waals surface area contributed by atoms with E-state index in [2.05, 4.69) is 15.0 Å². The Kier molecular flexibility index (Phi) is 5.55. The van der Waals surface area contributed by atoms with E-state index in [4.69, 9.17) is 4.98 Å². The molecule has 0 radical (unpaired) electrons. The van der Waals surface area contributed by atoms with Gasteiger partial charge in [0.05, 0.1) is 33.7 Å². The predicted octanol–water partition coefficient (Wildman–Crippen LogP) is 3.68. The lowest BCUT2D eigenvalue weighted by Crippen LogP contribution is -2.48. The number of aryl methyl sites for hydroxylation is 1. The number of carbonyl (C=O) groups excluding carboxylic acids is 1. The summed E-state index contributed by atoms with van der Waals surface area (Å²) in [6.07, 6.45) is 3.39. The third-order valence-electron chi connectivity index (χ3n) is 5.93. The maximum atomic E-state index is 13.2. The fourth-order valence-electron chi connectivity index (χ4n) is 4.07. The Morgan fingerprint density at radius 1 is 1.03 bits per heavy atom. The predicted molar refractivity (Wildman–Crippen MR) is 128 cm³/mol. The van der Waals surface area contributed by atoms with E-state index in [0.717, 1.165) is 21.8 Å². The highest BCUT2D eigenvalue weighted by Gasteiger charge is 2.26. The van der Waals surface area contributed by atoms with Crippen LogP contribution in [0.3, 0.4) is 0 Å². The summed E-state index contributed by atoms with van der Waals surface area (Å²) in [5, 5.41) is 16.6. The van der Waals surface area contributed by atoms with E-state index in [1.165, 1.54) is 0 Å². The van der Waals surface area contributed by atoms with E-state index in [9.17, 15) is 9.90 Å². The minimum Gasteiger partial charge on any atom is -0.506 e. The molecule has 1 amide bonds. The van der Waals surface area contributed by atoms with E-state index in [-0.39, 0.29) is 11.7 Å². The molecule has 1 N–H and O–H groups in total. The van der Waals surface area contributed by atoms with Crippen molar-refractivity contribution in [1.29, 1.82) is 0 Å². The Bertz CT molecular complexity index is 1290. The third-order valence-corrected chi connectivity index (χ3v) is 6.81. The number of para-hydroxylation sites is 2. The van der Waals surface area contributed by atoms with Crippen LogP contribution in [0.4, 0.5) is 5.69 Å². The topological polar surface area (TPSA) is 87.4 Å². The molecule has 4 heterocycles. The minimum absolute atomic E-state index is 0.0544. The second-order valence-corrected chi connectivity index (χ2v) is 8.95. The number of aromatic hydroxyl groups is 1. The molecule has 4 aromatic rings. The average molecular weight is 461 g/mol. The zero-order chi connectivity index (χ0) is 22.9. The lowest BCUT2D eigenvalue weighted by Gasteiger charge is -2.36. The Labute approximate surface area is 195 Å². The first-order chi connectivity index (χ1) is 16.0. The maximum Gasteiger partial charge on any atom is 0.257 e. The van der Waals surface area contributed by atoms with Gasteiger partial charge in [0.2, 0.25) is 0 Å². The van der Waals surface area contributed by atoms with Crippen molar-refractivity contribution in [2.45, 2.75) is 13.8 Å². The van der Waals surface area contributed by atoms with Gasteiger partial charge in [-0.05, 0) is 43.0 Å². The SMILES string of the molecule is Cc1cnc(-n2ncc(C(=O)N3CCN(c4ccccc4O)CC3)c2C)nc1-c1cccs1. The Morgan fingerprint density at radius 2 is 1.82 bits per heavy atom. The monoisotopic (exact) mass is 460 g/mol. The molecule has 0 unspecified atom stereocenters. The quantitative estimate of drug-likeness (QED) is 0.500. The van der Waals surface area contributed by atoms with Crippen LogP contribution in [0, 0.1) is 13.8 Å². The van der Waals surface area contributed by atoms with Crippen LogP contribution in [0.25, 0.3) is 16.5 Å². The normalized spacial score (nSPS) is 14.0. The number of hydrogen-bond donors (Lipinski definition) is 1. The number of rotatable bonds is 4. The number of piperazine rings is 1. The summed E-state index contributed by atoms with van der Waals surface area (Å²) >= 11 is 1.63. The molecule has 1 aliphatic rings. The molecule has 1 aliphatic heterocycles. The van der Waals surface area contributed by atoms with Gasteiger partial charge >= 0.3 is 0 Å². The second kappa shape index (κ2) is 8.67. The van der Waals surface area contributed by atoms with Gasteiger partial charge in [0.15, 0.2) is 0 Å². The van der Waals surface area contributed by atoms with E-state index in [0.29, 0.717) is 43.4 Å². The number of benzene rings is 1. The summed E-state index contributed by atoms with van der Waals surface area (Å²) in [4.78, 5) is 27.4. The Morgan fingerprint density at radius 3 is 2.55 bits per heavy atom. The maximum absolute atomic E-state index is 13.2. The molecular weight excluding hydrogens is 436 g/mol. The van der Waals surface area contributed by atoms with E-state index in [1.807, 2.05) is 48.4 Å². The van der Waals surface area contributed by atoms with Crippen LogP contribution in [0.15, 0.2) is 54.2 Å². The number of anilines is 1. The molecule has 8 nitrogen and oxygen atoms in total. The van der Waals surface area contributed by atoms with Gasteiger partial charge in [-0.1, -0.05) is 18.2 Å². The lowest BCUT2D eigenvalue weighted by atomic mass is 10.2. The number of hydrogen-bond acceptors (Lipinski definition) is 7. The molecule has 5 rings (SSSR count). The van der Waals surface area contributed by atoms with Gasteiger partial charge in [-0.3, -0.25) is 4.79 Å². The highest BCUT2D eigenvalue weighted by atomic mass is 32.1. The van der Waals surface area contributed by atoms with Crippen LogP contribution in [0.1, 0.15) is 21.6 Å². The third kappa shape index (κ3) is 3.95. The molecule has 3 aromatic heterocycles. The number of phenols is 1. The van der Waals surface area contributed by atoms with Gasteiger partial charge in [-0.15, -0.1) is 11.3 Å². The van der Waals surface area contributed by atoms with Gasteiger partial charge < -0.3 is 14.9 Å². The molecular formula is C24H24N6O2S. The van der Waals surface area contributed by atoms with Crippen molar-refractivity contribution in [1.82, 2.24) is 24.6 Å². The summed E-state index contributed by atoms with van der Waals surface area (Å²) in [6, 6.07) is 11.3. The van der Waals surface area contributed by atoms with Gasteiger partial charge in [-0.25, -0.2) is 14.6 Å². The van der Waals surface area contributed by atoms with Crippen molar-refractivity contribution in [3.05, 3.63) is 71.0 Å².